The van der Waals surface area contributed by atoms with Crippen molar-refractivity contribution < 1.29 is 19.7 Å². The SMILES string of the molecule is COc1ccccc1-c1c(C(=O)C(C)(C)C)c(O)c(O)n1-c1ccc(-c2nccn2C)cc1. The van der Waals surface area contributed by atoms with Crippen LogP contribution in [0.3, 0.4) is 0 Å². The number of carbonyl (C=O) groups excluding carboxylic acids is 1. The van der Waals surface area contributed by atoms with Crippen LogP contribution in [-0.2, 0) is 7.05 Å². The van der Waals surface area contributed by atoms with Gasteiger partial charge in [-0.2, -0.15) is 0 Å². The molecule has 0 saturated carbocycles. The molecule has 7 nitrogen and oxygen atoms in total. The Balaban J connectivity index is 1.99. The van der Waals surface area contributed by atoms with Gasteiger partial charge in [0.2, 0.25) is 5.88 Å². The van der Waals surface area contributed by atoms with Crippen LogP contribution in [-0.4, -0.2) is 37.2 Å². The minimum atomic E-state index is -0.783. The number of hydrogen-bond donors (Lipinski definition) is 2. The van der Waals surface area contributed by atoms with Gasteiger partial charge in [-0.05, 0) is 36.4 Å². The van der Waals surface area contributed by atoms with Crippen LogP contribution in [0.4, 0.5) is 0 Å². The van der Waals surface area contributed by atoms with Gasteiger partial charge in [-0.25, -0.2) is 4.98 Å². The maximum Gasteiger partial charge on any atom is 0.240 e. The van der Waals surface area contributed by atoms with E-state index in [-0.39, 0.29) is 11.3 Å². The van der Waals surface area contributed by atoms with E-state index < -0.39 is 17.0 Å². The highest BCUT2D eigenvalue weighted by Gasteiger charge is 2.35. The standard InChI is InChI=1S/C26H27N3O4/c1-26(2,3)23(31)20-21(18-8-6-7-9-19(18)33-5)29(25(32)22(20)30)17-12-10-16(11-13-17)24-27-14-15-28(24)4/h6-15,30,32H,1-5H3. The number of ether oxygens (including phenoxy) is 1. The zero-order valence-corrected chi connectivity index (χ0v) is 19.3. The van der Waals surface area contributed by atoms with Crippen LogP contribution in [0.1, 0.15) is 31.1 Å². The third kappa shape index (κ3) is 3.75. The largest absolute Gasteiger partial charge is 0.503 e. The lowest BCUT2D eigenvalue weighted by Gasteiger charge is -2.19. The molecule has 33 heavy (non-hydrogen) atoms. The minimum Gasteiger partial charge on any atom is -0.503 e. The topological polar surface area (TPSA) is 89.5 Å². The highest BCUT2D eigenvalue weighted by atomic mass is 16.5. The molecule has 4 rings (SSSR count). The summed E-state index contributed by atoms with van der Waals surface area (Å²) in [6, 6.07) is 14.6. The number of ketones is 1. The van der Waals surface area contributed by atoms with Crippen molar-refractivity contribution in [3.8, 4) is 45.7 Å². The maximum atomic E-state index is 13.4. The summed E-state index contributed by atoms with van der Waals surface area (Å²) in [5.74, 6) is 0.162. The minimum absolute atomic E-state index is 0.0534. The summed E-state index contributed by atoms with van der Waals surface area (Å²) in [5, 5.41) is 21.9. The van der Waals surface area contributed by atoms with Crippen LogP contribution in [0, 0.1) is 5.41 Å². The summed E-state index contributed by atoms with van der Waals surface area (Å²) in [4.78, 5) is 17.8. The van der Waals surface area contributed by atoms with E-state index in [2.05, 4.69) is 4.98 Å². The van der Waals surface area contributed by atoms with Gasteiger partial charge in [0.15, 0.2) is 11.5 Å². The first-order valence-corrected chi connectivity index (χ1v) is 10.6. The fraction of sp³-hybridized carbons (Fsp3) is 0.231. The Kier molecular flexibility index (Phi) is 5.49. The van der Waals surface area contributed by atoms with E-state index in [4.69, 9.17) is 4.74 Å². The number of rotatable bonds is 5. The molecule has 2 heterocycles. The molecule has 0 aliphatic heterocycles. The predicted octanol–water partition coefficient (Wildman–Crippen LogP) is 5.19. The lowest BCUT2D eigenvalue weighted by molar-refractivity contribution is 0.0856. The first-order chi connectivity index (χ1) is 15.6. The predicted molar refractivity (Wildman–Crippen MR) is 127 cm³/mol. The Morgan fingerprint density at radius 1 is 1.03 bits per heavy atom. The molecule has 0 amide bonds. The fourth-order valence-electron chi connectivity index (χ4n) is 3.89. The number of aryl methyl sites for hydroxylation is 1. The second kappa shape index (κ2) is 8.16. The normalized spacial score (nSPS) is 11.5. The summed E-state index contributed by atoms with van der Waals surface area (Å²) >= 11 is 0. The molecule has 2 aromatic heterocycles. The summed E-state index contributed by atoms with van der Waals surface area (Å²) in [6.45, 7) is 5.32. The molecular formula is C26H27N3O4. The van der Waals surface area contributed by atoms with Gasteiger partial charge < -0.3 is 19.5 Å². The Bertz CT molecular complexity index is 1320. The van der Waals surface area contributed by atoms with Crippen molar-refractivity contribution in [2.45, 2.75) is 20.8 Å². The molecule has 0 atom stereocenters. The quantitative estimate of drug-likeness (QED) is 0.413. The molecule has 0 bridgehead atoms. The molecule has 4 aromatic rings. The van der Waals surface area contributed by atoms with E-state index in [1.54, 1.807) is 46.2 Å². The van der Waals surface area contributed by atoms with Crippen molar-refractivity contribution in [1.82, 2.24) is 14.1 Å². The van der Waals surface area contributed by atoms with Gasteiger partial charge in [-0.1, -0.05) is 32.9 Å². The molecule has 0 aliphatic rings. The van der Waals surface area contributed by atoms with E-state index in [9.17, 15) is 15.0 Å². The molecule has 0 saturated heterocycles. The van der Waals surface area contributed by atoms with E-state index in [0.29, 0.717) is 22.7 Å². The summed E-state index contributed by atoms with van der Waals surface area (Å²) in [7, 11) is 3.45. The van der Waals surface area contributed by atoms with E-state index in [1.807, 2.05) is 54.2 Å². The number of para-hydroxylation sites is 1. The second-order valence-corrected chi connectivity index (χ2v) is 8.92. The third-order valence-electron chi connectivity index (χ3n) is 5.60. The number of carbonyl (C=O) groups is 1. The highest BCUT2D eigenvalue weighted by molar-refractivity contribution is 6.08. The van der Waals surface area contributed by atoms with Gasteiger partial charge in [0.05, 0.1) is 18.4 Å². The van der Waals surface area contributed by atoms with Crippen LogP contribution in [0.25, 0.3) is 28.3 Å². The highest BCUT2D eigenvalue weighted by Crippen LogP contribution is 2.47. The summed E-state index contributed by atoms with van der Waals surface area (Å²) in [6.07, 6.45) is 3.59. The molecule has 0 unspecified atom stereocenters. The zero-order valence-electron chi connectivity index (χ0n) is 19.3. The van der Waals surface area contributed by atoms with Crippen molar-refractivity contribution in [2.75, 3.05) is 7.11 Å². The number of methoxy groups -OCH3 is 1. The molecule has 7 heteroatoms. The Morgan fingerprint density at radius 2 is 1.70 bits per heavy atom. The average molecular weight is 446 g/mol. The first kappa shape index (κ1) is 22.2. The van der Waals surface area contributed by atoms with Crippen molar-refractivity contribution in [3.63, 3.8) is 0 Å². The molecule has 0 radical (unpaired) electrons. The smallest absolute Gasteiger partial charge is 0.240 e. The Hall–Kier alpha value is -4.00. The van der Waals surface area contributed by atoms with Crippen LogP contribution in [0.5, 0.6) is 17.4 Å². The number of benzene rings is 2. The maximum absolute atomic E-state index is 13.4. The van der Waals surface area contributed by atoms with Crippen LogP contribution in [0.2, 0.25) is 0 Å². The summed E-state index contributed by atoms with van der Waals surface area (Å²) in [5.41, 5.74) is 1.69. The molecule has 0 spiro atoms. The van der Waals surface area contributed by atoms with E-state index in [1.165, 1.54) is 4.57 Å². The summed E-state index contributed by atoms with van der Waals surface area (Å²) < 4.78 is 8.93. The number of nitrogens with zero attached hydrogens (tertiary/aromatic N) is 3. The number of aromatic hydroxyl groups is 2. The van der Waals surface area contributed by atoms with Gasteiger partial charge >= 0.3 is 0 Å². The van der Waals surface area contributed by atoms with Gasteiger partial charge in [-0.3, -0.25) is 9.36 Å². The van der Waals surface area contributed by atoms with Crippen molar-refractivity contribution in [1.29, 1.82) is 0 Å². The number of Topliss-reactive ketones (excluding diaryl/α,β-unsaturated/α-hetero) is 1. The number of imidazole rings is 1. The van der Waals surface area contributed by atoms with Crippen molar-refractivity contribution in [2.24, 2.45) is 12.5 Å². The van der Waals surface area contributed by atoms with Crippen LogP contribution < -0.4 is 4.74 Å². The molecule has 0 fully saturated rings. The zero-order chi connectivity index (χ0) is 23.9. The molecule has 2 N–H and O–H groups in total. The van der Waals surface area contributed by atoms with E-state index >= 15 is 0 Å². The van der Waals surface area contributed by atoms with Gasteiger partial charge in [0.25, 0.3) is 0 Å². The Morgan fingerprint density at radius 3 is 2.27 bits per heavy atom. The second-order valence-electron chi connectivity index (χ2n) is 8.92. The first-order valence-electron chi connectivity index (χ1n) is 10.6. The number of hydrogen-bond acceptors (Lipinski definition) is 5. The van der Waals surface area contributed by atoms with Gasteiger partial charge in [-0.15, -0.1) is 0 Å². The van der Waals surface area contributed by atoms with Gasteiger partial charge in [0, 0.05) is 41.7 Å². The molecule has 0 aliphatic carbocycles. The lowest BCUT2D eigenvalue weighted by Crippen LogP contribution is -2.21. The van der Waals surface area contributed by atoms with Gasteiger partial charge in [0.1, 0.15) is 11.6 Å². The fourth-order valence-corrected chi connectivity index (χ4v) is 3.89. The average Bonchev–Trinajstić information content (AvgIpc) is 3.33. The van der Waals surface area contributed by atoms with Crippen LogP contribution in [0.15, 0.2) is 60.9 Å². The molecule has 170 valence electrons. The van der Waals surface area contributed by atoms with Crippen LogP contribution >= 0.6 is 0 Å². The van der Waals surface area contributed by atoms with Crippen molar-refractivity contribution >= 4 is 5.78 Å². The third-order valence-corrected chi connectivity index (χ3v) is 5.60. The monoisotopic (exact) mass is 445 g/mol. The van der Waals surface area contributed by atoms with E-state index in [0.717, 1.165) is 11.4 Å². The Labute approximate surface area is 192 Å². The molecular weight excluding hydrogens is 418 g/mol. The lowest BCUT2D eigenvalue weighted by atomic mass is 9.85. The van der Waals surface area contributed by atoms with Crippen molar-refractivity contribution in [3.05, 3.63) is 66.5 Å². The number of aromatic nitrogens is 3. The molecule has 2 aromatic carbocycles.